The average Bonchev–Trinajstić information content (AvgIpc) is 2.66. The van der Waals surface area contributed by atoms with Gasteiger partial charge in [-0.2, -0.15) is 0 Å². The number of hydrogen-bond donors (Lipinski definition) is 1. The van der Waals surface area contributed by atoms with Gasteiger partial charge >= 0.3 is 0 Å². The smallest absolute Gasteiger partial charge is 0.232 e. The monoisotopic (exact) mass is 207 g/mol. The Kier molecular flexibility index (Phi) is 3.06. The van der Waals surface area contributed by atoms with Crippen molar-refractivity contribution >= 4 is 11.5 Å². The van der Waals surface area contributed by atoms with Crippen LogP contribution in [-0.2, 0) is 0 Å². The molecule has 1 aromatic rings. The average molecular weight is 207 g/mol. The van der Waals surface area contributed by atoms with Gasteiger partial charge in [-0.05, 0) is 26.0 Å². The second kappa shape index (κ2) is 4.49. The van der Waals surface area contributed by atoms with E-state index in [2.05, 4.69) is 28.5 Å². The number of nitrogens with one attached hydrogen (secondary N) is 1. The quantitative estimate of drug-likeness (QED) is 0.821. The molecule has 0 unspecified atom stereocenters. The Labute approximate surface area is 89.9 Å². The molecule has 2 rings (SSSR count). The lowest BCUT2D eigenvalue weighted by molar-refractivity contribution is 0.372. The summed E-state index contributed by atoms with van der Waals surface area (Å²) >= 11 is 0. The summed E-state index contributed by atoms with van der Waals surface area (Å²) in [7, 11) is 2.13. The molecule has 0 atom stereocenters. The zero-order valence-electron chi connectivity index (χ0n) is 9.29. The van der Waals surface area contributed by atoms with E-state index >= 15 is 0 Å². The van der Waals surface area contributed by atoms with Gasteiger partial charge in [0.1, 0.15) is 0 Å². The van der Waals surface area contributed by atoms with E-state index in [1.165, 1.54) is 5.57 Å². The maximum absolute atomic E-state index is 5.17. The van der Waals surface area contributed by atoms with E-state index in [1.807, 2.05) is 6.92 Å². The highest BCUT2D eigenvalue weighted by atomic mass is 16.5. The van der Waals surface area contributed by atoms with Crippen LogP contribution in [-0.4, -0.2) is 36.7 Å². The van der Waals surface area contributed by atoms with Crippen molar-refractivity contribution in [3.8, 4) is 0 Å². The zero-order chi connectivity index (χ0) is 10.7. The third kappa shape index (κ3) is 2.21. The first-order valence-electron chi connectivity index (χ1n) is 5.37. The second-order valence-corrected chi connectivity index (χ2v) is 3.85. The molecule has 1 aliphatic heterocycles. The maximum atomic E-state index is 5.17. The van der Waals surface area contributed by atoms with Gasteiger partial charge in [-0.1, -0.05) is 11.2 Å². The highest BCUT2D eigenvalue weighted by Crippen LogP contribution is 2.26. The first-order valence-corrected chi connectivity index (χ1v) is 5.37. The van der Waals surface area contributed by atoms with Gasteiger partial charge in [0.05, 0.1) is 11.8 Å². The van der Waals surface area contributed by atoms with Gasteiger partial charge in [0.25, 0.3) is 0 Å². The molecule has 4 heteroatoms. The number of rotatable bonds is 3. The van der Waals surface area contributed by atoms with Crippen molar-refractivity contribution in [1.82, 2.24) is 10.1 Å². The fourth-order valence-electron chi connectivity index (χ4n) is 1.85. The Morgan fingerprint density at radius 3 is 3.20 bits per heavy atom. The van der Waals surface area contributed by atoms with Gasteiger partial charge in [0, 0.05) is 19.6 Å². The molecule has 0 spiro atoms. The fraction of sp³-hybridized carbons (Fsp3) is 0.545. The molecule has 0 aromatic carbocycles. The van der Waals surface area contributed by atoms with E-state index in [0.29, 0.717) is 0 Å². The highest BCUT2D eigenvalue weighted by Gasteiger charge is 2.16. The number of anilines is 1. The number of likely N-dealkylation sites (N-methyl/N-ethyl adjacent to an activating group) is 1. The topological polar surface area (TPSA) is 41.3 Å². The van der Waals surface area contributed by atoms with Gasteiger partial charge in [-0.25, -0.2) is 0 Å². The number of aromatic nitrogens is 1. The van der Waals surface area contributed by atoms with Gasteiger partial charge in [-0.15, -0.1) is 0 Å². The highest BCUT2D eigenvalue weighted by molar-refractivity contribution is 5.74. The lowest BCUT2D eigenvalue weighted by Crippen LogP contribution is -2.25. The third-order valence-electron chi connectivity index (χ3n) is 2.60. The van der Waals surface area contributed by atoms with Crippen molar-refractivity contribution in [2.24, 2.45) is 0 Å². The first-order chi connectivity index (χ1) is 7.31. The predicted molar refractivity (Wildman–Crippen MR) is 60.8 cm³/mol. The first kappa shape index (κ1) is 10.2. The third-order valence-corrected chi connectivity index (χ3v) is 2.60. The minimum absolute atomic E-state index is 0.791. The summed E-state index contributed by atoms with van der Waals surface area (Å²) in [6.07, 6.45) is 5.17. The summed E-state index contributed by atoms with van der Waals surface area (Å²) in [5.74, 6) is 0.791. The molecule has 0 aliphatic carbocycles. The molecule has 15 heavy (non-hydrogen) atoms. The van der Waals surface area contributed by atoms with Gasteiger partial charge in [-0.3, -0.25) is 0 Å². The van der Waals surface area contributed by atoms with Crippen LogP contribution >= 0.6 is 0 Å². The van der Waals surface area contributed by atoms with Crippen LogP contribution in [0.25, 0.3) is 5.57 Å². The fourth-order valence-corrected chi connectivity index (χ4v) is 1.85. The largest absolute Gasteiger partial charge is 0.354 e. The summed E-state index contributed by atoms with van der Waals surface area (Å²) < 4.78 is 5.17. The molecule has 0 bridgehead atoms. The normalized spacial score (nSPS) is 17.6. The zero-order valence-corrected chi connectivity index (χ0v) is 9.29. The molecule has 1 aliphatic rings. The Morgan fingerprint density at radius 1 is 1.60 bits per heavy atom. The number of nitrogens with zero attached hydrogens (tertiary/aromatic N) is 2. The molecule has 0 saturated carbocycles. The van der Waals surface area contributed by atoms with E-state index in [9.17, 15) is 0 Å². The van der Waals surface area contributed by atoms with Crippen LogP contribution in [0.15, 0.2) is 16.8 Å². The van der Waals surface area contributed by atoms with E-state index < -0.39 is 0 Å². The van der Waals surface area contributed by atoms with E-state index in [-0.39, 0.29) is 0 Å². The van der Waals surface area contributed by atoms with E-state index in [4.69, 9.17) is 4.52 Å². The van der Waals surface area contributed by atoms with Crippen molar-refractivity contribution < 1.29 is 4.52 Å². The Morgan fingerprint density at radius 2 is 2.47 bits per heavy atom. The predicted octanol–water partition coefficient (Wildman–Crippen LogP) is 1.83. The summed E-state index contributed by atoms with van der Waals surface area (Å²) in [6, 6.07) is 0. The Hall–Kier alpha value is -1.29. The Balaban J connectivity index is 2.21. The van der Waals surface area contributed by atoms with Crippen LogP contribution in [0, 0.1) is 0 Å². The van der Waals surface area contributed by atoms with Crippen molar-refractivity contribution in [3.05, 3.63) is 17.8 Å². The standard InChI is InChI=1S/C11H17N3O/c1-3-12-11-10(7-13-15-11)9-5-4-6-14(2)8-9/h5,7,12H,3-4,6,8H2,1-2H3. The summed E-state index contributed by atoms with van der Waals surface area (Å²) in [4.78, 5) is 2.30. The van der Waals surface area contributed by atoms with Crippen molar-refractivity contribution in [3.63, 3.8) is 0 Å². The van der Waals surface area contributed by atoms with Gasteiger partial charge < -0.3 is 14.7 Å². The molecule has 4 nitrogen and oxygen atoms in total. The molecular formula is C11H17N3O. The molecular weight excluding hydrogens is 190 g/mol. The molecule has 1 N–H and O–H groups in total. The second-order valence-electron chi connectivity index (χ2n) is 3.85. The van der Waals surface area contributed by atoms with Crippen LogP contribution in [0.5, 0.6) is 0 Å². The van der Waals surface area contributed by atoms with Crippen molar-refractivity contribution in [2.75, 3.05) is 32.0 Å². The molecule has 0 fully saturated rings. The van der Waals surface area contributed by atoms with Crippen LogP contribution in [0.3, 0.4) is 0 Å². The Bertz CT molecular complexity index is 356. The van der Waals surface area contributed by atoms with Crippen LogP contribution in [0.4, 0.5) is 5.88 Å². The lowest BCUT2D eigenvalue weighted by Gasteiger charge is -2.22. The van der Waals surface area contributed by atoms with Gasteiger partial charge in [0.15, 0.2) is 0 Å². The van der Waals surface area contributed by atoms with Gasteiger partial charge in [0.2, 0.25) is 5.88 Å². The molecule has 0 amide bonds. The molecule has 0 saturated heterocycles. The summed E-state index contributed by atoms with van der Waals surface area (Å²) in [5, 5.41) is 7.02. The molecule has 2 heterocycles. The van der Waals surface area contributed by atoms with Crippen LogP contribution < -0.4 is 5.32 Å². The van der Waals surface area contributed by atoms with Crippen molar-refractivity contribution in [2.45, 2.75) is 13.3 Å². The van der Waals surface area contributed by atoms with E-state index in [0.717, 1.165) is 37.5 Å². The minimum Gasteiger partial charge on any atom is -0.354 e. The SMILES string of the molecule is CCNc1oncc1C1=CCCN(C)C1. The molecule has 1 aromatic heterocycles. The van der Waals surface area contributed by atoms with Crippen molar-refractivity contribution in [1.29, 1.82) is 0 Å². The lowest BCUT2D eigenvalue weighted by atomic mass is 10.0. The minimum atomic E-state index is 0.791. The maximum Gasteiger partial charge on any atom is 0.232 e. The molecule has 82 valence electrons. The summed E-state index contributed by atoms with van der Waals surface area (Å²) in [6.45, 7) is 5.00. The molecule has 0 radical (unpaired) electrons. The summed E-state index contributed by atoms with van der Waals surface area (Å²) in [5.41, 5.74) is 2.41. The number of hydrogen-bond acceptors (Lipinski definition) is 4. The van der Waals surface area contributed by atoms with Crippen LogP contribution in [0.2, 0.25) is 0 Å². The van der Waals surface area contributed by atoms with Crippen LogP contribution in [0.1, 0.15) is 18.9 Å². The van der Waals surface area contributed by atoms with E-state index in [1.54, 1.807) is 6.20 Å².